The molecule has 2 heterocycles. The first-order valence-corrected chi connectivity index (χ1v) is 8.13. The van der Waals surface area contributed by atoms with Crippen LogP contribution in [-0.4, -0.2) is 36.1 Å². The van der Waals surface area contributed by atoms with Gasteiger partial charge in [0.25, 0.3) is 0 Å². The standard InChI is InChI=1S/C17H22BNO5/c1-6-21-14(20)10-13-11-8-7-9-12(15(11)22-19-13)18-23-16(2,3)17(4,5)24-18/h7-9H,6,10H2,1-5H3. The molecular formula is C17H22BNO5. The predicted octanol–water partition coefficient (Wildman–Crippen LogP) is 2.23. The molecule has 128 valence electrons. The molecule has 0 N–H and O–H groups in total. The second-order valence-electron chi connectivity index (χ2n) is 6.92. The van der Waals surface area contributed by atoms with Crippen LogP contribution in [0.4, 0.5) is 0 Å². The van der Waals surface area contributed by atoms with Crippen molar-refractivity contribution in [1.29, 1.82) is 0 Å². The average Bonchev–Trinajstić information content (AvgIpc) is 2.98. The van der Waals surface area contributed by atoms with Crippen LogP contribution in [-0.2, 0) is 25.3 Å². The number of ether oxygens (including phenoxy) is 1. The van der Waals surface area contributed by atoms with Gasteiger partial charge < -0.3 is 18.6 Å². The summed E-state index contributed by atoms with van der Waals surface area (Å²) in [6, 6.07) is 5.65. The molecule has 1 aliphatic heterocycles. The molecule has 0 atom stereocenters. The first-order chi connectivity index (χ1) is 11.2. The van der Waals surface area contributed by atoms with Crippen molar-refractivity contribution in [3.05, 3.63) is 23.9 Å². The van der Waals surface area contributed by atoms with Gasteiger partial charge >= 0.3 is 13.1 Å². The van der Waals surface area contributed by atoms with Gasteiger partial charge in [-0.3, -0.25) is 4.79 Å². The minimum atomic E-state index is -0.540. The summed E-state index contributed by atoms with van der Waals surface area (Å²) < 4.78 is 22.6. The van der Waals surface area contributed by atoms with E-state index in [9.17, 15) is 4.79 Å². The summed E-state index contributed by atoms with van der Waals surface area (Å²) in [4.78, 5) is 11.7. The van der Waals surface area contributed by atoms with Gasteiger partial charge in [0, 0.05) is 10.8 Å². The third-order valence-corrected chi connectivity index (χ3v) is 4.73. The Hall–Kier alpha value is -1.86. The van der Waals surface area contributed by atoms with Crippen molar-refractivity contribution >= 4 is 29.5 Å². The number of para-hydroxylation sites is 1. The summed E-state index contributed by atoms with van der Waals surface area (Å²) in [5.41, 5.74) is 1.03. The maximum Gasteiger partial charge on any atom is 0.498 e. The van der Waals surface area contributed by atoms with E-state index in [4.69, 9.17) is 18.6 Å². The Morgan fingerprint density at radius 2 is 1.88 bits per heavy atom. The Kier molecular flexibility index (Phi) is 4.17. The lowest BCUT2D eigenvalue weighted by Crippen LogP contribution is -2.41. The van der Waals surface area contributed by atoms with Crippen LogP contribution in [0.5, 0.6) is 0 Å². The summed E-state index contributed by atoms with van der Waals surface area (Å²) in [5.74, 6) is -0.325. The van der Waals surface area contributed by atoms with E-state index in [1.165, 1.54) is 0 Å². The Morgan fingerprint density at radius 1 is 1.21 bits per heavy atom. The number of hydrogen-bond donors (Lipinski definition) is 0. The second-order valence-corrected chi connectivity index (χ2v) is 6.92. The maximum atomic E-state index is 11.7. The first kappa shape index (κ1) is 17.0. The number of carbonyl (C=O) groups excluding carboxylic acids is 1. The Labute approximate surface area is 141 Å². The molecule has 7 heteroatoms. The zero-order valence-electron chi connectivity index (χ0n) is 14.7. The fourth-order valence-corrected chi connectivity index (χ4v) is 2.67. The van der Waals surface area contributed by atoms with Gasteiger partial charge in [-0.05, 0) is 40.7 Å². The minimum Gasteiger partial charge on any atom is -0.466 e. The van der Waals surface area contributed by atoms with Crippen molar-refractivity contribution in [2.24, 2.45) is 0 Å². The molecule has 0 spiro atoms. The molecule has 0 radical (unpaired) electrons. The summed E-state index contributed by atoms with van der Waals surface area (Å²) in [5, 5.41) is 4.81. The molecule has 0 aliphatic carbocycles. The van der Waals surface area contributed by atoms with Crippen molar-refractivity contribution in [3.63, 3.8) is 0 Å². The summed E-state index contributed by atoms with van der Waals surface area (Å²) in [7, 11) is -0.540. The van der Waals surface area contributed by atoms with Crippen LogP contribution >= 0.6 is 0 Å². The first-order valence-electron chi connectivity index (χ1n) is 8.13. The van der Waals surface area contributed by atoms with Crippen LogP contribution in [0.2, 0.25) is 0 Å². The number of carbonyl (C=O) groups is 1. The molecule has 3 rings (SSSR count). The lowest BCUT2D eigenvalue weighted by atomic mass is 9.78. The molecule has 1 saturated heterocycles. The van der Waals surface area contributed by atoms with E-state index in [-0.39, 0.29) is 12.4 Å². The van der Waals surface area contributed by atoms with Crippen molar-refractivity contribution in [3.8, 4) is 0 Å². The SMILES string of the molecule is CCOC(=O)Cc1noc2c(B3OC(C)(C)C(C)(C)O3)cccc12. The highest BCUT2D eigenvalue weighted by molar-refractivity contribution is 6.64. The van der Waals surface area contributed by atoms with Gasteiger partial charge in [-0.2, -0.15) is 0 Å². The number of hydrogen-bond acceptors (Lipinski definition) is 6. The number of nitrogens with zero attached hydrogens (tertiary/aromatic N) is 1. The minimum absolute atomic E-state index is 0.0770. The molecule has 24 heavy (non-hydrogen) atoms. The molecule has 1 aromatic carbocycles. The van der Waals surface area contributed by atoms with Crippen molar-refractivity contribution < 1.29 is 23.4 Å². The quantitative estimate of drug-likeness (QED) is 0.632. The molecule has 1 aromatic heterocycles. The van der Waals surface area contributed by atoms with Crippen LogP contribution in [0.15, 0.2) is 22.7 Å². The van der Waals surface area contributed by atoms with Crippen molar-refractivity contribution in [2.75, 3.05) is 6.61 Å². The van der Waals surface area contributed by atoms with Crippen LogP contribution in [0.25, 0.3) is 11.0 Å². The third kappa shape index (κ3) is 2.82. The highest BCUT2D eigenvalue weighted by Crippen LogP contribution is 2.37. The van der Waals surface area contributed by atoms with Gasteiger partial charge in [0.15, 0.2) is 5.58 Å². The number of aromatic nitrogens is 1. The molecule has 6 nitrogen and oxygen atoms in total. The van der Waals surface area contributed by atoms with Crippen LogP contribution in [0, 0.1) is 0 Å². The van der Waals surface area contributed by atoms with Gasteiger partial charge in [-0.25, -0.2) is 0 Å². The van der Waals surface area contributed by atoms with E-state index in [0.717, 1.165) is 10.8 Å². The van der Waals surface area contributed by atoms with Crippen LogP contribution in [0.3, 0.4) is 0 Å². The normalized spacial score (nSPS) is 19.0. The number of esters is 1. The molecule has 1 aliphatic rings. The Bertz CT molecular complexity index is 751. The maximum absolute atomic E-state index is 11.7. The number of fused-ring (bicyclic) bond motifs is 1. The molecule has 0 amide bonds. The molecule has 1 fully saturated rings. The van der Waals surface area contributed by atoms with E-state index in [1.807, 2.05) is 45.9 Å². The molecular weight excluding hydrogens is 309 g/mol. The van der Waals surface area contributed by atoms with E-state index >= 15 is 0 Å². The summed E-state index contributed by atoms with van der Waals surface area (Å²) >= 11 is 0. The molecule has 0 saturated carbocycles. The number of benzene rings is 1. The Balaban J connectivity index is 1.94. The fraction of sp³-hybridized carbons (Fsp3) is 0.529. The zero-order valence-corrected chi connectivity index (χ0v) is 14.7. The van der Waals surface area contributed by atoms with E-state index < -0.39 is 18.3 Å². The molecule has 0 bridgehead atoms. The lowest BCUT2D eigenvalue weighted by Gasteiger charge is -2.32. The van der Waals surface area contributed by atoms with Gasteiger partial charge in [-0.1, -0.05) is 17.3 Å². The summed E-state index contributed by atoms with van der Waals surface area (Å²) in [6.07, 6.45) is 0.0770. The van der Waals surface area contributed by atoms with E-state index in [2.05, 4.69) is 5.16 Å². The highest BCUT2D eigenvalue weighted by Gasteiger charge is 2.52. The zero-order chi connectivity index (χ0) is 17.5. The predicted molar refractivity (Wildman–Crippen MR) is 90.1 cm³/mol. The van der Waals surface area contributed by atoms with E-state index in [1.54, 1.807) is 6.92 Å². The van der Waals surface area contributed by atoms with Crippen LogP contribution < -0.4 is 5.46 Å². The smallest absolute Gasteiger partial charge is 0.466 e. The van der Waals surface area contributed by atoms with Crippen LogP contribution in [0.1, 0.15) is 40.3 Å². The van der Waals surface area contributed by atoms with Crippen molar-refractivity contribution in [1.82, 2.24) is 5.16 Å². The highest BCUT2D eigenvalue weighted by atomic mass is 16.7. The van der Waals surface area contributed by atoms with Gasteiger partial charge in [0.05, 0.1) is 24.2 Å². The fourth-order valence-electron chi connectivity index (χ4n) is 2.67. The molecule has 0 unspecified atom stereocenters. The largest absolute Gasteiger partial charge is 0.498 e. The number of rotatable bonds is 4. The van der Waals surface area contributed by atoms with Crippen molar-refractivity contribution in [2.45, 2.75) is 52.2 Å². The lowest BCUT2D eigenvalue weighted by molar-refractivity contribution is -0.142. The second kappa shape index (κ2) is 5.90. The monoisotopic (exact) mass is 331 g/mol. The third-order valence-electron chi connectivity index (χ3n) is 4.73. The summed E-state index contributed by atoms with van der Waals surface area (Å²) in [6.45, 7) is 10.1. The average molecular weight is 331 g/mol. The van der Waals surface area contributed by atoms with Gasteiger partial charge in [0.2, 0.25) is 0 Å². The van der Waals surface area contributed by atoms with Gasteiger partial charge in [-0.15, -0.1) is 0 Å². The van der Waals surface area contributed by atoms with E-state index in [0.29, 0.717) is 17.9 Å². The Morgan fingerprint density at radius 3 is 2.50 bits per heavy atom. The van der Waals surface area contributed by atoms with Gasteiger partial charge in [0.1, 0.15) is 5.69 Å². The molecule has 2 aromatic rings. The topological polar surface area (TPSA) is 70.8 Å².